The molecule has 4 heteroatoms. The number of carbonyl (C=O) groups excluding carboxylic acids is 1. The number of anilines is 2. The zero-order valence-corrected chi connectivity index (χ0v) is 11.8. The molecule has 2 aromatic rings. The largest absolute Gasteiger partial charge is 0.326 e. The van der Waals surface area contributed by atoms with Crippen LogP contribution < -0.4 is 16.0 Å². The lowest BCUT2D eigenvalue weighted by atomic mass is 10.2. The maximum Gasteiger partial charge on any atom is 0.326 e. The van der Waals surface area contributed by atoms with Crippen molar-refractivity contribution < 1.29 is 4.79 Å². The first kappa shape index (κ1) is 14.1. The molecule has 0 saturated carbocycles. The van der Waals surface area contributed by atoms with Gasteiger partial charge in [0.2, 0.25) is 0 Å². The first-order valence-corrected chi connectivity index (χ1v) is 6.50. The van der Waals surface area contributed by atoms with Crippen molar-refractivity contribution in [3.8, 4) is 0 Å². The zero-order chi connectivity index (χ0) is 14.5. The van der Waals surface area contributed by atoms with Crippen molar-refractivity contribution in [2.24, 2.45) is 5.73 Å². The van der Waals surface area contributed by atoms with E-state index in [2.05, 4.69) is 5.32 Å². The van der Waals surface area contributed by atoms with Gasteiger partial charge in [0.25, 0.3) is 0 Å². The Morgan fingerprint density at radius 2 is 1.95 bits per heavy atom. The minimum absolute atomic E-state index is 0.176. The minimum atomic E-state index is -0.176. The smallest absolute Gasteiger partial charge is 0.326 e. The molecule has 0 aliphatic rings. The zero-order valence-electron chi connectivity index (χ0n) is 11.8. The van der Waals surface area contributed by atoms with Crippen molar-refractivity contribution >= 4 is 17.4 Å². The van der Waals surface area contributed by atoms with Gasteiger partial charge >= 0.3 is 6.03 Å². The van der Waals surface area contributed by atoms with Crippen LogP contribution in [0.2, 0.25) is 0 Å². The van der Waals surface area contributed by atoms with Gasteiger partial charge in [-0.2, -0.15) is 0 Å². The Balaban J connectivity index is 2.12. The highest BCUT2D eigenvalue weighted by Gasteiger charge is 2.11. The fraction of sp³-hybridized carbons (Fsp3) is 0.188. The SMILES string of the molecule is Cc1cccc(NC(=O)N(C)c2cccc(CN)c2)c1. The summed E-state index contributed by atoms with van der Waals surface area (Å²) < 4.78 is 0. The van der Waals surface area contributed by atoms with Crippen molar-refractivity contribution in [1.82, 2.24) is 0 Å². The monoisotopic (exact) mass is 269 g/mol. The normalized spacial score (nSPS) is 10.2. The molecule has 3 N–H and O–H groups in total. The lowest BCUT2D eigenvalue weighted by Crippen LogP contribution is -2.31. The predicted molar refractivity (Wildman–Crippen MR) is 82.9 cm³/mol. The Kier molecular flexibility index (Phi) is 4.38. The van der Waals surface area contributed by atoms with Crippen molar-refractivity contribution in [1.29, 1.82) is 0 Å². The van der Waals surface area contributed by atoms with Crippen molar-refractivity contribution in [2.75, 3.05) is 17.3 Å². The topological polar surface area (TPSA) is 58.4 Å². The first-order valence-electron chi connectivity index (χ1n) is 6.50. The molecule has 0 fully saturated rings. The molecule has 2 rings (SSSR count). The Hall–Kier alpha value is -2.33. The summed E-state index contributed by atoms with van der Waals surface area (Å²) in [5.74, 6) is 0. The number of carbonyl (C=O) groups is 1. The number of rotatable bonds is 3. The number of nitrogens with zero attached hydrogens (tertiary/aromatic N) is 1. The standard InChI is InChI=1S/C16H19N3O/c1-12-5-3-7-14(9-12)18-16(20)19(2)15-8-4-6-13(10-15)11-17/h3-10H,11,17H2,1-2H3,(H,18,20). The predicted octanol–water partition coefficient (Wildman–Crippen LogP) is 3.12. The summed E-state index contributed by atoms with van der Waals surface area (Å²) in [6.07, 6.45) is 0. The van der Waals surface area contributed by atoms with E-state index in [0.717, 1.165) is 22.5 Å². The molecule has 104 valence electrons. The van der Waals surface area contributed by atoms with Crippen molar-refractivity contribution in [3.63, 3.8) is 0 Å². The molecule has 0 heterocycles. The minimum Gasteiger partial charge on any atom is -0.326 e. The van der Waals surface area contributed by atoms with Crippen LogP contribution in [0.5, 0.6) is 0 Å². The highest BCUT2D eigenvalue weighted by molar-refractivity contribution is 6.01. The molecule has 0 unspecified atom stereocenters. The summed E-state index contributed by atoms with van der Waals surface area (Å²) in [6.45, 7) is 2.45. The highest BCUT2D eigenvalue weighted by atomic mass is 16.2. The number of nitrogens with one attached hydrogen (secondary N) is 1. The van der Waals surface area contributed by atoms with Gasteiger partial charge in [0.15, 0.2) is 0 Å². The van der Waals surface area contributed by atoms with Crippen LogP contribution in [0, 0.1) is 6.92 Å². The number of nitrogens with two attached hydrogens (primary N) is 1. The summed E-state index contributed by atoms with van der Waals surface area (Å²) in [4.78, 5) is 13.8. The summed E-state index contributed by atoms with van der Waals surface area (Å²) >= 11 is 0. The van der Waals surface area contributed by atoms with Crippen LogP contribution >= 0.6 is 0 Å². The lowest BCUT2D eigenvalue weighted by molar-refractivity contribution is 0.258. The van der Waals surface area contributed by atoms with E-state index in [1.165, 1.54) is 0 Å². The maximum absolute atomic E-state index is 12.2. The molecule has 0 aromatic heterocycles. The van der Waals surface area contributed by atoms with Gasteiger partial charge in [0.05, 0.1) is 0 Å². The summed E-state index contributed by atoms with van der Waals surface area (Å²) in [6, 6.07) is 15.2. The first-order chi connectivity index (χ1) is 9.60. The van der Waals surface area contributed by atoms with Gasteiger partial charge in [0, 0.05) is 25.0 Å². The molecule has 0 radical (unpaired) electrons. The molecule has 0 aliphatic heterocycles. The van der Waals surface area contributed by atoms with E-state index in [4.69, 9.17) is 5.73 Å². The Morgan fingerprint density at radius 1 is 1.20 bits per heavy atom. The quantitative estimate of drug-likeness (QED) is 0.899. The van der Waals surface area contributed by atoms with E-state index >= 15 is 0 Å². The van der Waals surface area contributed by atoms with Gasteiger partial charge in [-0.25, -0.2) is 4.79 Å². The molecule has 0 aliphatic carbocycles. The molecule has 0 bridgehead atoms. The molecule has 0 spiro atoms. The second kappa shape index (κ2) is 6.21. The Labute approximate surface area is 119 Å². The van der Waals surface area contributed by atoms with Crippen LogP contribution in [0.15, 0.2) is 48.5 Å². The van der Waals surface area contributed by atoms with E-state index in [0.29, 0.717) is 6.54 Å². The van der Waals surface area contributed by atoms with Gasteiger partial charge in [-0.05, 0) is 42.3 Å². The van der Waals surface area contributed by atoms with Gasteiger partial charge in [0.1, 0.15) is 0 Å². The van der Waals surface area contributed by atoms with Crippen molar-refractivity contribution in [2.45, 2.75) is 13.5 Å². The van der Waals surface area contributed by atoms with E-state index in [1.807, 2.05) is 55.5 Å². The van der Waals surface area contributed by atoms with Gasteiger partial charge < -0.3 is 11.1 Å². The van der Waals surface area contributed by atoms with Crippen LogP contribution in [0.25, 0.3) is 0 Å². The fourth-order valence-electron chi connectivity index (χ4n) is 1.94. The number of urea groups is 1. The molecule has 20 heavy (non-hydrogen) atoms. The number of benzene rings is 2. The second-order valence-electron chi connectivity index (χ2n) is 4.73. The molecule has 2 aromatic carbocycles. The molecule has 2 amide bonds. The third-order valence-electron chi connectivity index (χ3n) is 3.11. The third kappa shape index (κ3) is 3.36. The van der Waals surface area contributed by atoms with Gasteiger partial charge in [-0.1, -0.05) is 24.3 Å². The lowest BCUT2D eigenvalue weighted by Gasteiger charge is -2.19. The number of hydrogen-bond acceptors (Lipinski definition) is 2. The fourth-order valence-corrected chi connectivity index (χ4v) is 1.94. The molecule has 0 atom stereocenters. The van der Waals surface area contributed by atoms with Gasteiger partial charge in [-0.15, -0.1) is 0 Å². The summed E-state index contributed by atoms with van der Waals surface area (Å²) in [5, 5.41) is 2.87. The summed E-state index contributed by atoms with van der Waals surface area (Å²) in [5.41, 5.74) is 9.33. The van der Waals surface area contributed by atoms with Crippen molar-refractivity contribution in [3.05, 3.63) is 59.7 Å². The van der Waals surface area contributed by atoms with Crippen LogP contribution in [-0.4, -0.2) is 13.1 Å². The van der Waals surface area contributed by atoms with Crippen LogP contribution in [-0.2, 0) is 6.54 Å². The maximum atomic E-state index is 12.2. The van der Waals surface area contributed by atoms with Crippen LogP contribution in [0.1, 0.15) is 11.1 Å². The van der Waals surface area contributed by atoms with E-state index in [1.54, 1.807) is 11.9 Å². The molecular weight excluding hydrogens is 250 g/mol. The third-order valence-corrected chi connectivity index (χ3v) is 3.11. The Morgan fingerprint density at radius 3 is 2.65 bits per heavy atom. The molecule has 4 nitrogen and oxygen atoms in total. The molecular formula is C16H19N3O. The summed E-state index contributed by atoms with van der Waals surface area (Å²) in [7, 11) is 1.74. The average molecular weight is 269 g/mol. The average Bonchev–Trinajstić information content (AvgIpc) is 2.46. The van der Waals surface area contributed by atoms with E-state index in [-0.39, 0.29) is 6.03 Å². The van der Waals surface area contributed by atoms with Crippen LogP contribution in [0.3, 0.4) is 0 Å². The number of aryl methyl sites for hydroxylation is 1. The number of amides is 2. The van der Waals surface area contributed by atoms with Gasteiger partial charge in [-0.3, -0.25) is 4.90 Å². The molecule has 0 saturated heterocycles. The van der Waals surface area contributed by atoms with E-state index in [9.17, 15) is 4.79 Å². The van der Waals surface area contributed by atoms with Crippen LogP contribution in [0.4, 0.5) is 16.2 Å². The number of hydrogen-bond donors (Lipinski definition) is 2. The Bertz CT molecular complexity index is 610. The van der Waals surface area contributed by atoms with E-state index < -0.39 is 0 Å². The highest BCUT2D eigenvalue weighted by Crippen LogP contribution is 2.17. The second-order valence-corrected chi connectivity index (χ2v) is 4.73.